The summed E-state index contributed by atoms with van der Waals surface area (Å²) in [6.07, 6.45) is 1.03. The number of carbonyl (C=O) groups excluding carboxylic acids is 2. The summed E-state index contributed by atoms with van der Waals surface area (Å²) in [4.78, 5) is 23.9. The van der Waals surface area contributed by atoms with Crippen LogP contribution in [-0.2, 0) is 11.2 Å². The molecule has 5 nitrogen and oxygen atoms in total. The van der Waals surface area contributed by atoms with Crippen molar-refractivity contribution < 1.29 is 9.59 Å². The Morgan fingerprint density at radius 2 is 1.56 bits per heavy atom. The zero-order valence-corrected chi connectivity index (χ0v) is 14.9. The lowest BCUT2D eigenvalue weighted by atomic mass is 9.96. The molecule has 0 aliphatic carbocycles. The number of carbonyl (C=O) groups is 2. The topological polar surface area (TPSA) is 84.2 Å². The molecular weight excluding hydrogens is 314 g/mol. The summed E-state index contributed by atoms with van der Waals surface area (Å²) in [5.41, 5.74) is 5.40. The maximum absolute atomic E-state index is 12.4. The third kappa shape index (κ3) is 5.16. The Kier molecular flexibility index (Phi) is 6.31. The van der Waals surface area contributed by atoms with Gasteiger partial charge in [0.2, 0.25) is 5.91 Å². The van der Waals surface area contributed by atoms with E-state index >= 15 is 0 Å². The number of nitrogen functional groups attached to an aromatic ring is 1. The van der Waals surface area contributed by atoms with E-state index in [0.717, 1.165) is 12.0 Å². The predicted molar refractivity (Wildman–Crippen MR) is 100 cm³/mol. The van der Waals surface area contributed by atoms with Gasteiger partial charge in [-0.05, 0) is 54.7 Å². The normalized spacial score (nSPS) is 11.9. The van der Waals surface area contributed by atoms with E-state index in [0.29, 0.717) is 17.2 Å². The van der Waals surface area contributed by atoms with Crippen LogP contribution in [0.4, 0.5) is 5.69 Å². The summed E-state index contributed by atoms with van der Waals surface area (Å²) < 4.78 is 0. The molecule has 1 atom stereocenters. The molecule has 0 aliphatic rings. The summed E-state index contributed by atoms with van der Waals surface area (Å²) in [5.74, 6) is 4.98. The molecule has 4 N–H and O–H groups in total. The number of nitrogens with one attached hydrogen (secondary N) is 2. The van der Waals surface area contributed by atoms with E-state index in [-0.39, 0.29) is 17.7 Å². The summed E-state index contributed by atoms with van der Waals surface area (Å²) >= 11 is 0. The molecular formula is C20H25N3O2. The Hall–Kier alpha value is -2.66. The maximum atomic E-state index is 12.4. The van der Waals surface area contributed by atoms with Crippen LogP contribution >= 0.6 is 0 Å². The molecule has 25 heavy (non-hydrogen) atoms. The van der Waals surface area contributed by atoms with Crippen molar-refractivity contribution in [1.82, 2.24) is 5.43 Å². The molecule has 2 amide bonds. The molecule has 2 rings (SSSR count). The molecule has 132 valence electrons. The summed E-state index contributed by atoms with van der Waals surface area (Å²) in [7, 11) is 0. The van der Waals surface area contributed by atoms with Crippen LogP contribution in [0.5, 0.6) is 0 Å². The molecule has 0 spiro atoms. The summed E-state index contributed by atoms with van der Waals surface area (Å²) in [6.45, 7) is 6.25. The van der Waals surface area contributed by atoms with Crippen molar-refractivity contribution >= 4 is 17.5 Å². The second kappa shape index (κ2) is 8.44. The molecule has 0 saturated carbocycles. The highest BCUT2D eigenvalue weighted by molar-refractivity contribution is 5.97. The van der Waals surface area contributed by atoms with Crippen molar-refractivity contribution in [1.29, 1.82) is 0 Å². The van der Waals surface area contributed by atoms with Crippen LogP contribution in [0.3, 0.4) is 0 Å². The van der Waals surface area contributed by atoms with Crippen LogP contribution in [0.1, 0.15) is 48.2 Å². The van der Waals surface area contributed by atoms with Crippen molar-refractivity contribution in [3.63, 3.8) is 0 Å². The number of hydrogen-bond donors (Lipinski definition) is 3. The number of hydrogen-bond acceptors (Lipinski definition) is 3. The number of hydrazine groups is 1. The van der Waals surface area contributed by atoms with Crippen molar-refractivity contribution in [2.45, 2.75) is 33.1 Å². The van der Waals surface area contributed by atoms with Crippen LogP contribution in [0.25, 0.3) is 0 Å². The maximum Gasteiger partial charge on any atom is 0.265 e. The highest BCUT2D eigenvalue weighted by Crippen LogP contribution is 2.20. The van der Waals surface area contributed by atoms with Gasteiger partial charge in [-0.1, -0.05) is 38.1 Å². The Morgan fingerprint density at radius 1 is 0.960 bits per heavy atom. The first-order valence-electron chi connectivity index (χ1n) is 8.41. The first-order chi connectivity index (χ1) is 11.9. The SMILES string of the molecule is CC(C)Cc1ccc(C(C)C(=O)Nc2ccc(C(=O)NN)cc2)cc1. The Balaban J connectivity index is 2.01. The first-order valence-corrected chi connectivity index (χ1v) is 8.41. The zero-order valence-electron chi connectivity index (χ0n) is 14.9. The molecule has 0 bridgehead atoms. The van der Waals surface area contributed by atoms with Gasteiger partial charge >= 0.3 is 0 Å². The summed E-state index contributed by atoms with van der Waals surface area (Å²) in [6, 6.07) is 14.8. The van der Waals surface area contributed by atoms with Crippen molar-refractivity contribution in [2.24, 2.45) is 11.8 Å². The van der Waals surface area contributed by atoms with Crippen molar-refractivity contribution in [2.75, 3.05) is 5.32 Å². The van der Waals surface area contributed by atoms with Gasteiger partial charge in [-0.2, -0.15) is 0 Å². The average Bonchev–Trinajstić information content (AvgIpc) is 2.61. The van der Waals surface area contributed by atoms with Crippen LogP contribution in [0.2, 0.25) is 0 Å². The van der Waals surface area contributed by atoms with Crippen molar-refractivity contribution in [3.8, 4) is 0 Å². The van der Waals surface area contributed by atoms with Gasteiger partial charge in [-0.15, -0.1) is 0 Å². The molecule has 0 heterocycles. The average molecular weight is 339 g/mol. The molecule has 2 aromatic rings. The van der Waals surface area contributed by atoms with Gasteiger partial charge in [0.15, 0.2) is 0 Å². The van der Waals surface area contributed by atoms with Gasteiger partial charge in [0.25, 0.3) is 5.91 Å². The number of benzene rings is 2. The number of nitrogens with two attached hydrogens (primary N) is 1. The minimum Gasteiger partial charge on any atom is -0.326 e. The van der Waals surface area contributed by atoms with Gasteiger partial charge in [-0.3, -0.25) is 15.0 Å². The lowest BCUT2D eigenvalue weighted by Crippen LogP contribution is -2.29. The molecule has 0 fully saturated rings. The van der Waals surface area contributed by atoms with Gasteiger partial charge in [-0.25, -0.2) is 5.84 Å². The molecule has 0 aromatic heterocycles. The number of anilines is 1. The highest BCUT2D eigenvalue weighted by Gasteiger charge is 2.15. The van der Waals surface area contributed by atoms with E-state index in [4.69, 9.17) is 5.84 Å². The minimum absolute atomic E-state index is 0.0902. The Labute approximate surface area is 148 Å². The van der Waals surface area contributed by atoms with Gasteiger partial charge in [0, 0.05) is 11.3 Å². The lowest BCUT2D eigenvalue weighted by molar-refractivity contribution is -0.117. The van der Waals surface area contributed by atoms with E-state index in [1.165, 1.54) is 5.56 Å². The fourth-order valence-corrected chi connectivity index (χ4v) is 2.60. The molecule has 0 aliphatic heterocycles. The van der Waals surface area contributed by atoms with Crippen LogP contribution in [0.15, 0.2) is 48.5 Å². The molecule has 5 heteroatoms. The highest BCUT2D eigenvalue weighted by atomic mass is 16.2. The first kappa shape index (κ1) is 18.7. The van der Waals surface area contributed by atoms with Gasteiger partial charge < -0.3 is 5.32 Å². The molecule has 0 radical (unpaired) electrons. The summed E-state index contributed by atoms with van der Waals surface area (Å²) in [5, 5.41) is 2.87. The minimum atomic E-state index is -0.368. The van der Waals surface area contributed by atoms with Crippen molar-refractivity contribution in [3.05, 3.63) is 65.2 Å². The molecule has 2 aromatic carbocycles. The fourth-order valence-electron chi connectivity index (χ4n) is 2.60. The van der Waals surface area contributed by atoms with Crippen LogP contribution in [0, 0.1) is 5.92 Å². The van der Waals surface area contributed by atoms with E-state index < -0.39 is 0 Å². The third-order valence-electron chi connectivity index (χ3n) is 4.06. The Morgan fingerprint density at radius 3 is 2.08 bits per heavy atom. The van der Waals surface area contributed by atoms with Gasteiger partial charge in [0.1, 0.15) is 0 Å². The van der Waals surface area contributed by atoms with E-state index in [9.17, 15) is 9.59 Å². The Bertz CT molecular complexity index is 722. The quantitative estimate of drug-likeness (QED) is 0.429. The second-order valence-electron chi connectivity index (χ2n) is 6.60. The predicted octanol–water partition coefficient (Wildman–Crippen LogP) is 3.23. The largest absolute Gasteiger partial charge is 0.326 e. The third-order valence-corrected chi connectivity index (χ3v) is 4.06. The number of amides is 2. The fraction of sp³-hybridized carbons (Fsp3) is 0.300. The molecule has 1 unspecified atom stereocenters. The van der Waals surface area contributed by atoms with E-state index in [1.54, 1.807) is 24.3 Å². The second-order valence-corrected chi connectivity index (χ2v) is 6.60. The van der Waals surface area contributed by atoms with Crippen LogP contribution < -0.4 is 16.6 Å². The van der Waals surface area contributed by atoms with E-state index in [1.807, 2.05) is 19.1 Å². The standard InChI is InChI=1S/C20H25N3O2/c1-13(2)12-15-4-6-16(7-5-15)14(3)19(24)22-18-10-8-17(9-11-18)20(25)23-21/h4-11,13-14H,12,21H2,1-3H3,(H,22,24)(H,23,25). The smallest absolute Gasteiger partial charge is 0.265 e. The zero-order chi connectivity index (χ0) is 18.4. The lowest BCUT2D eigenvalue weighted by Gasteiger charge is -2.14. The van der Waals surface area contributed by atoms with Crippen LogP contribution in [-0.4, -0.2) is 11.8 Å². The molecule has 0 saturated heterocycles. The monoisotopic (exact) mass is 339 g/mol. The number of rotatable bonds is 6. The van der Waals surface area contributed by atoms with E-state index in [2.05, 4.69) is 36.7 Å². The van der Waals surface area contributed by atoms with Gasteiger partial charge in [0.05, 0.1) is 5.92 Å².